The molecule has 0 amide bonds. The van der Waals surface area contributed by atoms with E-state index in [2.05, 4.69) is 44.5 Å². The Hall–Kier alpha value is -3.00. The number of rotatable bonds is 4. The van der Waals surface area contributed by atoms with Gasteiger partial charge in [-0.05, 0) is 58.0 Å². The molecule has 0 spiro atoms. The van der Waals surface area contributed by atoms with Crippen LogP contribution in [0.3, 0.4) is 0 Å². The summed E-state index contributed by atoms with van der Waals surface area (Å²) in [4.78, 5) is 11.1. The van der Waals surface area contributed by atoms with Crippen LogP contribution in [0.5, 0.6) is 0 Å². The van der Waals surface area contributed by atoms with Gasteiger partial charge in [-0.1, -0.05) is 0 Å². The number of anilines is 1. The van der Waals surface area contributed by atoms with Crippen LogP contribution in [0.4, 0.5) is 5.95 Å². The van der Waals surface area contributed by atoms with E-state index in [4.69, 9.17) is 0 Å². The van der Waals surface area contributed by atoms with E-state index in [9.17, 15) is 0 Å². The Balaban J connectivity index is 1.36. The summed E-state index contributed by atoms with van der Waals surface area (Å²) in [6.45, 7) is 0. The fourth-order valence-electron chi connectivity index (χ4n) is 4.06. The predicted octanol–water partition coefficient (Wildman–Crippen LogP) is 2.72. The van der Waals surface area contributed by atoms with Gasteiger partial charge in [-0.2, -0.15) is 5.10 Å². The topological polar surface area (TPSA) is 75.6 Å². The molecule has 0 aliphatic heterocycles. The maximum Gasteiger partial charge on any atom is 0.241 e. The number of hydrogen-bond acceptors (Lipinski definition) is 6. The van der Waals surface area contributed by atoms with Crippen molar-refractivity contribution in [1.29, 1.82) is 0 Å². The standard InChI is InChI=1S/C20H24N8/c1-26(2)15-5-3-14(4-6-15)23-20-22-13-18-16(9-11-27(18)25-20)17-7-8-19-21-10-12-28(19)24-17/h7-15H,3-6H2,1-2H3,(H,23,25). The first kappa shape index (κ1) is 17.1. The molecule has 0 bridgehead atoms. The Bertz CT molecular complexity index is 1100. The zero-order chi connectivity index (χ0) is 19.1. The van der Waals surface area contributed by atoms with E-state index in [0.29, 0.717) is 18.0 Å². The van der Waals surface area contributed by atoms with E-state index in [0.717, 1.165) is 35.3 Å². The molecule has 8 heteroatoms. The maximum absolute atomic E-state index is 4.66. The summed E-state index contributed by atoms with van der Waals surface area (Å²) < 4.78 is 3.65. The number of aromatic nitrogens is 6. The van der Waals surface area contributed by atoms with Crippen molar-refractivity contribution in [3.63, 3.8) is 0 Å². The van der Waals surface area contributed by atoms with E-state index in [1.54, 1.807) is 10.7 Å². The average molecular weight is 376 g/mol. The molecule has 1 aliphatic rings. The monoisotopic (exact) mass is 376 g/mol. The average Bonchev–Trinajstić information content (AvgIpc) is 3.34. The molecule has 0 aromatic carbocycles. The Morgan fingerprint density at radius 3 is 2.64 bits per heavy atom. The van der Waals surface area contributed by atoms with Crippen LogP contribution in [-0.2, 0) is 0 Å². The molecule has 1 saturated carbocycles. The van der Waals surface area contributed by atoms with E-state index in [-0.39, 0.29) is 0 Å². The SMILES string of the molecule is CN(C)C1CCC(Nc2ncc3c(-c4ccc5nccn5n4)ccn3n2)CC1. The zero-order valence-electron chi connectivity index (χ0n) is 16.2. The van der Waals surface area contributed by atoms with Crippen LogP contribution in [-0.4, -0.2) is 60.3 Å². The molecule has 0 saturated heterocycles. The Morgan fingerprint density at radius 1 is 0.964 bits per heavy atom. The number of nitrogens with one attached hydrogen (secondary N) is 1. The van der Waals surface area contributed by atoms with Crippen LogP contribution < -0.4 is 5.32 Å². The van der Waals surface area contributed by atoms with Crippen molar-refractivity contribution < 1.29 is 0 Å². The molecular formula is C20H24N8. The first-order valence-electron chi connectivity index (χ1n) is 9.75. The van der Waals surface area contributed by atoms with Gasteiger partial charge in [0.05, 0.1) is 17.4 Å². The smallest absolute Gasteiger partial charge is 0.241 e. The third kappa shape index (κ3) is 3.09. The highest BCUT2D eigenvalue weighted by Crippen LogP contribution is 2.25. The van der Waals surface area contributed by atoms with Gasteiger partial charge in [0.2, 0.25) is 5.95 Å². The Kier molecular flexibility index (Phi) is 4.20. The van der Waals surface area contributed by atoms with E-state index in [1.807, 2.05) is 41.3 Å². The van der Waals surface area contributed by atoms with Gasteiger partial charge in [0.15, 0.2) is 5.65 Å². The molecule has 1 N–H and O–H groups in total. The lowest BCUT2D eigenvalue weighted by Crippen LogP contribution is -2.36. The van der Waals surface area contributed by atoms with E-state index in [1.165, 1.54) is 12.8 Å². The second kappa shape index (κ2) is 6.87. The van der Waals surface area contributed by atoms with Gasteiger partial charge >= 0.3 is 0 Å². The third-order valence-electron chi connectivity index (χ3n) is 5.71. The first-order valence-corrected chi connectivity index (χ1v) is 9.75. The number of hydrogen-bond donors (Lipinski definition) is 1. The van der Waals surface area contributed by atoms with Crippen molar-refractivity contribution in [3.8, 4) is 11.3 Å². The van der Waals surface area contributed by atoms with Crippen LogP contribution in [0.15, 0.2) is 43.0 Å². The van der Waals surface area contributed by atoms with Crippen LogP contribution in [0.1, 0.15) is 25.7 Å². The van der Waals surface area contributed by atoms with Gasteiger partial charge < -0.3 is 10.2 Å². The maximum atomic E-state index is 4.66. The normalized spacial score (nSPS) is 20.2. The van der Waals surface area contributed by atoms with Crippen LogP contribution in [0, 0.1) is 0 Å². The molecule has 0 unspecified atom stereocenters. The summed E-state index contributed by atoms with van der Waals surface area (Å²) in [6.07, 6.45) is 12.1. The summed E-state index contributed by atoms with van der Waals surface area (Å²) in [7, 11) is 4.33. The van der Waals surface area contributed by atoms with Crippen molar-refractivity contribution in [2.45, 2.75) is 37.8 Å². The lowest BCUT2D eigenvalue weighted by molar-refractivity contribution is 0.221. The minimum atomic E-state index is 0.439. The molecule has 28 heavy (non-hydrogen) atoms. The summed E-state index contributed by atoms with van der Waals surface area (Å²) in [5.74, 6) is 0.681. The number of nitrogens with zero attached hydrogens (tertiary/aromatic N) is 7. The zero-order valence-corrected chi connectivity index (χ0v) is 16.2. The fraction of sp³-hybridized carbons (Fsp3) is 0.400. The molecule has 4 aromatic heterocycles. The molecule has 1 fully saturated rings. The van der Waals surface area contributed by atoms with Gasteiger partial charge in [-0.25, -0.2) is 19.0 Å². The van der Waals surface area contributed by atoms with Gasteiger partial charge in [0.25, 0.3) is 0 Å². The lowest BCUT2D eigenvalue weighted by atomic mass is 9.91. The van der Waals surface area contributed by atoms with Crippen molar-refractivity contribution >= 4 is 17.1 Å². The molecule has 0 radical (unpaired) electrons. The molecule has 144 valence electrons. The highest BCUT2D eigenvalue weighted by atomic mass is 15.3. The fourth-order valence-corrected chi connectivity index (χ4v) is 4.06. The largest absolute Gasteiger partial charge is 0.350 e. The summed E-state index contributed by atoms with van der Waals surface area (Å²) in [5, 5.41) is 12.8. The van der Waals surface area contributed by atoms with Crippen LogP contribution in [0.25, 0.3) is 22.4 Å². The molecule has 4 heterocycles. The van der Waals surface area contributed by atoms with Gasteiger partial charge in [0, 0.05) is 36.2 Å². The van der Waals surface area contributed by atoms with Gasteiger partial charge in [-0.3, -0.25) is 0 Å². The summed E-state index contributed by atoms with van der Waals surface area (Å²) in [5.41, 5.74) is 3.65. The van der Waals surface area contributed by atoms with Crippen LogP contribution in [0.2, 0.25) is 0 Å². The highest BCUT2D eigenvalue weighted by Gasteiger charge is 2.23. The third-order valence-corrected chi connectivity index (χ3v) is 5.71. The molecule has 8 nitrogen and oxygen atoms in total. The van der Waals surface area contributed by atoms with Crippen molar-refractivity contribution in [3.05, 3.63) is 43.0 Å². The van der Waals surface area contributed by atoms with Crippen molar-refractivity contribution in [2.75, 3.05) is 19.4 Å². The Labute approximate surface area is 163 Å². The lowest BCUT2D eigenvalue weighted by Gasteiger charge is -2.32. The van der Waals surface area contributed by atoms with Gasteiger partial charge in [-0.15, -0.1) is 5.10 Å². The first-order chi connectivity index (χ1) is 13.7. The minimum absolute atomic E-state index is 0.439. The molecule has 1 aliphatic carbocycles. The van der Waals surface area contributed by atoms with E-state index < -0.39 is 0 Å². The van der Waals surface area contributed by atoms with Gasteiger partial charge in [0.1, 0.15) is 0 Å². The number of imidazole rings is 1. The molecular weight excluding hydrogens is 352 g/mol. The summed E-state index contributed by atoms with van der Waals surface area (Å²) in [6, 6.07) is 7.10. The highest BCUT2D eigenvalue weighted by molar-refractivity contribution is 5.78. The number of fused-ring (bicyclic) bond motifs is 2. The predicted molar refractivity (Wildman–Crippen MR) is 108 cm³/mol. The summed E-state index contributed by atoms with van der Waals surface area (Å²) >= 11 is 0. The van der Waals surface area contributed by atoms with Crippen molar-refractivity contribution in [2.24, 2.45) is 0 Å². The molecule has 5 rings (SSSR count). The molecule has 4 aromatic rings. The second-order valence-electron chi connectivity index (χ2n) is 7.70. The molecule has 0 atom stereocenters. The Morgan fingerprint density at radius 2 is 1.82 bits per heavy atom. The van der Waals surface area contributed by atoms with Crippen molar-refractivity contribution in [1.82, 2.24) is 34.1 Å². The quantitative estimate of drug-likeness (QED) is 0.590. The van der Waals surface area contributed by atoms with Crippen LogP contribution >= 0.6 is 0 Å². The second-order valence-corrected chi connectivity index (χ2v) is 7.70. The van der Waals surface area contributed by atoms with E-state index >= 15 is 0 Å². The minimum Gasteiger partial charge on any atom is -0.350 e.